The average Bonchev–Trinajstić information content (AvgIpc) is 2.80. The maximum absolute atomic E-state index is 13.9. The summed E-state index contributed by atoms with van der Waals surface area (Å²) in [6.45, 7) is 12.1. The van der Waals surface area contributed by atoms with Crippen molar-refractivity contribution >= 4 is 11.6 Å². The predicted molar refractivity (Wildman–Crippen MR) is 92.3 cm³/mol. The highest BCUT2D eigenvalue weighted by Crippen LogP contribution is 2.71. The van der Waals surface area contributed by atoms with E-state index in [4.69, 9.17) is 0 Å². The van der Waals surface area contributed by atoms with E-state index in [1.54, 1.807) is 6.92 Å². The summed E-state index contributed by atoms with van der Waals surface area (Å²) < 4.78 is 0. The molecule has 4 rings (SSSR count). The molecule has 0 saturated heterocycles. The third-order valence-electron chi connectivity index (χ3n) is 8.02. The van der Waals surface area contributed by atoms with Crippen LogP contribution in [0.5, 0.6) is 0 Å². The molecule has 7 atom stereocenters. The number of aliphatic hydroxyl groups is 1. The van der Waals surface area contributed by atoms with Gasteiger partial charge < -0.3 is 5.11 Å². The molecule has 1 N–H and O–H groups in total. The number of hydrogen-bond donors (Lipinski definition) is 1. The minimum atomic E-state index is -1.13. The molecule has 4 aliphatic rings. The second-order valence-corrected chi connectivity index (χ2v) is 9.12. The zero-order chi connectivity index (χ0) is 17.6. The van der Waals surface area contributed by atoms with Crippen LogP contribution in [-0.2, 0) is 9.59 Å². The van der Waals surface area contributed by atoms with E-state index in [0.29, 0.717) is 5.92 Å². The topological polar surface area (TPSA) is 54.4 Å². The van der Waals surface area contributed by atoms with Gasteiger partial charge in [-0.1, -0.05) is 26.0 Å². The molecule has 0 aliphatic heterocycles. The Hall–Kier alpha value is -1.38. The molecule has 3 heteroatoms. The summed E-state index contributed by atoms with van der Waals surface area (Å²) in [6, 6.07) is 0. The molecule has 4 aliphatic carbocycles. The summed E-state index contributed by atoms with van der Waals surface area (Å²) in [7, 11) is 0. The Morgan fingerprint density at radius 3 is 2.50 bits per heavy atom. The molecule has 3 fully saturated rings. The first kappa shape index (κ1) is 16.1. The molecule has 1 spiro atoms. The van der Waals surface area contributed by atoms with Crippen molar-refractivity contribution in [3.63, 3.8) is 0 Å². The number of Topliss-reactive ketones (excluding diaryl/α,β-unsaturated/α-hetero) is 2. The maximum Gasteiger partial charge on any atom is 0.210 e. The van der Waals surface area contributed by atoms with Gasteiger partial charge in [-0.3, -0.25) is 9.59 Å². The van der Waals surface area contributed by atoms with Crippen LogP contribution in [0.1, 0.15) is 53.4 Å². The van der Waals surface area contributed by atoms with E-state index < -0.39 is 10.8 Å². The third kappa shape index (κ3) is 1.46. The highest BCUT2D eigenvalue weighted by molar-refractivity contribution is 6.20. The van der Waals surface area contributed by atoms with E-state index in [2.05, 4.69) is 20.4 Å². The van der Waals surface area contributed by atoms with E-state index in [9.17, 15) is 14.7 Å². The number of allylic oxidation sites excluding steroid dienone is 3. The smallest absolute Gasteiger partial charge is 0.210 e. The molecule has 0 heterocycles. The monoisotopic (exact) mass is 328 g/mol. The van der Waals surface area contributed by atoms with Crippen LogP contribution in [0.25, 0.3) is 0 Å². The molecule has 0 aromatic rings. The number of carbonyl (C=O) groups is 2. The molecular weight excluding hydrogens is 300 g/mol. The van der Waals surface area contributed by atoms with Crippen LogP contribution in [0.2, 0.25) is 0 Å². The molecule has 130 valence electrons. The number of aliphatic hydroxyl groups excluding tert-OH is 1. The molecule has 0 unspecified atom stereocenters. The van der Waals surface area contributed by atoms with Crippen molar-refractivity contribution in [3.8, 4) is 0 Å². The van der Waals surface area contributed by atoms with E-state index in [-0.39, 0.29) is 41.0 Å². The largest absolute Gasteiger partial charge is 0.504 e. The lowest BCUT2D eigenvalue weighted by Gasteiger charge is -2.59. The lowest BCUT2D eigenvalue weighted by atomic mass is 9.41. The van der Waals surface area contributed by atoms with Gasteiger partial charge in [-0.25, -0.2) is 0 Å². The third-order valence-corrected chi connectivity index (χ3v) is 8.02. The molecule has 0 aromatic heterocycles. The van der Waals surface area contributed by atoms with Crippen molar-refractivity contribution < 1.29 is 14.7 Å². The fourth-order valence-corrected chi connectivity index (χ4v) is 7.08. The molecular formula is C21H28O3. The van der Waals surface area contributed by atoms with Crippen LogP contribution in [0, 0.1) is 40.4 Å². The first-order chi connectivity index (χ1) is 11.2. The van der Waals surface area contributed by atoms with Crippen LogP contribution in [-0.4, -0.2) is 16.7 Å². The van der Waals surface area contributed by atoms with Crippen molar-refractivity contribution in [1.29, 1.82) is 0 Å². The van der Waals surface area contributed by atoms with E-state index in [1.807, 2.05) is 6.92 Å². The van der Waals surface area contributed by atoms with Crippen LogP contribution < -0.4 is 0 Å². The SMILES string of the molecule is C=C(C)[C@H]1C[C@@H]2C[C@H](C)[C@H]3CC[C@H](C)C4=C(O)C(=O)[C@]1(C)C(=O)[C@]423. The van der Waals surface area contributed by atoms with Gasteiger partial charge in [0, 0.05) is 0 Å². The summed E-state index contributed by atoms with van der Waals surface area (Å²) in [5.74, 6) is 0.613. The van der Waals surface area contributed by atoms with Gasteiger partial charge in [0.1, 0.15) is 0 Å². The Labute approximate surface area is 144 Å². The van der Waals surface area contributed by atoms with Gasteiger partial charge in [0.15, 0.2) is 11.5 Å². The van der Waals surface area contributed by atoms with Crippen molar-refractivity contribution in [2.24, 2.45) is 40.4 Å². The first-order valence-corrected chi connectivity index (χ1v) is 9.37. The maximum atomic E-state index is 13.9. The van der Waals surface area contributed by atoms with Crippen LogP contribution in [0.4, 0.5) is 0 Å². The second-order valence-electron chi connectivity index (χ2n) is 9.12. The fraction of sp³-hybridized carbons (Fsp3) is 0.714. The molecule has 24 heavy (non-hydrogen) atoms. The Kier molecular flexibility index (Phi) is 3.10. The van der Waals surface area contributed by atoms with Crippen LogP contribution >= 0.6 is 0 Å². The molecule has 2 bridgehead atoms. The first-order valence-electron chi connectivity index (χ1n) is 9.37. The molecule has 0 aromatic carbocycles. The minimum Gasteiger partial charge on any atom is -0.504 e. The second kappa shape index (κ2) is 4.62. The van der Waals surface area contributed by atoms with Crippen molar-refractivity contribution in [1.82, 2.24) is 0 Å². The van der Waals surface area contributed by atoms with Gasteiger partial charge in [0.2, 0.25) is 5.78 Å². The number of carbonyl (C=O) groups excluding carboxylic acids is 2. The molecule has 3 saturated carbocycles. The minimum absolute atomic E-state index is 0.0839. The van der Waals surface area contributed by atoms with Crippen LogP contribution in [0.3, 0.4) is 0 Å². The van der Waals surface area contributed by atoms with Gasteiger partial charge in [-0.15, -0.1) is 0 Å². The Morgan fingerprint density at radius 2 is 1.88 bits per heavy atom. The average molecular weight is 328 g/mol. The van der Waals surface area contributed by atoms with Gasteiger partial charge in [-0.2, -0.15) is 0 Å². The Bertz CT molecular complexity index is 702. The molecule has 0 amide bonds. The predicted octanol–water partition coefficient (Wildman–Crippen LogP) is 4.24. The number of hydrogen-bond acceptors (Lipinski definition) is 3. The van der Waals surface area contributed by atoms with Gasteiger partial charge in [0.05, 0.1) is 10.8 Å². The lowest BCUT2D eigenvalue weighted by Crippen LogP contribution is -2.65. The number of fused-ring (bicyclic) bond motifs is 1. The highest BCUT2D eigenvalue weighted by atomic mass is 16.3. The van der Waals surface area contributed by atoms with Gasteiger partial charge in [-0.05, 0) is 74.7 Å². The van der Waals surface area contributed by atoms with Gasteiger partial charge in [0.25, 0.3) is 0 Å². The quantitative estimate of drug-likeness (QED) is 0.578. The zero-order valence-corrected chi connectivity index (χ0v) is 15.2. The standard InChI is InChI=1S/C21H28O3/c1-10(2)15-9-13-8-12(4)14-7-6-11(3)16-17(22)18(23)20(15,5)19(24)21(13,14)16/h11-15,22H,1,6-9H2,2-5H3/t11-,12-,13-,14+,15+,20+,21+/m0/s1. The highest BCUT2D eigenvalue weighted by Gasteiger charge is 2.74. The van der Waals surface area contributed by atoms with Crippen molar-refractivity contribution in [2.45, 2.75) is 53.4 Å². The molecule has 0 radical (unpaired) electrons. The van der Waals surface area contributed by atoms with E-state index in [0.717, 1.165) is 36.8 Å². The molecule has 3 nitrogen and oxygen atoms in total. The Balaban J connectivity index is 2.06. The fourth-order valence-electron chi connectivity index (χ4n) is 7.08. The normalized spacial score (nSPS) is 50.1. The van der Waals surface area contributed by atoms with E-state index >= 15 is 0 Å². The Morgan fingerprint density at radius 1 is 1.21 bits per heavy atom. The summed E-state index contributed by atoms with van der Waals surface area (Å²) in [6.07, 6.45) is 3.87. The van der Waals surface area contributed by atoms with E-state index in [1.165, 1.54) is 0 Å². The summed E-state index contributed by atoms with van der Waals surface area (Å²) >= 11 is 0. The van der Waals surface area contributed by atoms with Gasteiger partial charge >= 0.3 is 0 Å². The number of rotatable bonds is 1. The number of ketones is 2. The summed E-state index contributed by atoms with van der Waals surface area (Å²) in [4.78, 5) is 27.0. The van der Waals surface area contributed by atoms with Crippen molar-refractivity contribution in [3.05, 3.63) is 23.5 Å². The summed E-state index contributed by atoms with van der Waals surface area (Å²) in [5, 5.41) is 10.9. The van der Waals surface area contributed by atoms with Crippen LogP contribution in [0.15, 0.2) is 23.5 Å². The zero-order valence-electron chi connectivity index (χ0n) is 15.2. The van der Waals surface area contributed by atoms with Crippen molar-refractivity contribution in [2.75, 3.05) is 0 Å². The summed E-state index contributed by atoms with van der Waals surface area (Å²) in [5.41, 5.74) is -0.0311. The lowest BCUT2D eigenvalue weighted by molar-refractivity contribution is -0.162.